The van der Waals surface area contributed by atoms with Gasteiger partial charge in [-0.2, -0.15) is 0 Å². The third-order valence-electron chi connectivity index (χ3n) is 3.38. The number of nitrogens with zero attached hydrogens (tertiary/aromatic N) is 3. The Morgan fingerprint density at radius 3 is 2.53 bits per heavy atom. The van der Waals surface area contributed by atoms with Crippen LogP contribution in [0.1, 0.15) is 18.4 Å². The quantitative estimate of drug-likeness (QED) is 0.828. The van der Waals surface area contributed by atoms with Gasteiger partial charge in [-0.1, -0.05) is 0 Å². The van der Waals surface area contributed by atoms with Crippen molar-refractivity contribution >= 4 is 11.6 Å². The Morgan fingerprint density at radius 2 is 1.88 bits per heavy atom. The molecule has 1 aromatic heterocycles. The summed E-state index contributed by atoms with van der Waals surface area (Å²) in [5.74, 6) is 1.86. The lowest BCUT2D eigenvalue weighted by Gasteiger charge is -2.30. The number of hydrogen-bond acceptors (Lipinski definition) is 5. The molecule has 0 unspecified atom stereocenters. The van der Waals surface area contributed by atoms with E-state index in [1.807, 2.05) is 14.0 Å². The number of likely N-dealkylation sites (tertiary alicyclic amines) is 1. The van der Waals surface area contributed by atoms with Crippen molar-refractivity contribution < 1.29 is 0 Å². The van der Waals surface area contributed by atoms with Crippen molar-refractivity contribution in [2.45, 2.75) is 25.8 Å². The average Bonchev–Trinajstić information content (AvgIpc) is 2.35. The van der Waals surface area contributed by atoms with Crippen LogP contribution in [0.3, 0.4) is 0 Å². The van der Waals surface area contributed by atoms with Crippen LogP contribution in [0.5, 0.6) is 0 Å². The number of piperidine rings is 1. The minimum Gasteiger partial charge on any atom is -0.373 e. The van der Waals surface area contributed by atoms with Crippen molar-refractivity contribution in [3.63, 3.8) is 0 Å². The third kappa shape index (κ3) is 2.85. The first kappa shape index (κ1) is 12.1. The van der Waals surface area contributed by atoms with Gasteiger partial charge in [-0.15, -0.1) is 0 Å². The van der Waals surface area contributed by atoms with Crippen molar-refractivity contribution in [3.05, 3.63) is 11.9 Å². The van der Waals surface area contributed by atoms with Gasteiger partial charge in [0.2, 0.25) is 0 Å². The summed E-state index contributed by atoms with van der Waals surface area (Å²) in [5, 5.41) is 6.61. The van der Waals surface area contributed by atoms with Gasteiger partial charge in [0.1, 0.15) is 18.0 Å². The molecular formula is C12H21N5. The van der Waals surface area contributed by atoms with E-state index >= 15 is 0 Å². The summed E-state index contributed by atoms with van der Waals surface area (Å²) < 4.78 is 0. The van der Waals surface area contributed by atoms with Crippen molar-refractivity contribution in [2.24, 2.45) is 0 Å². The first-order valence-electron chi connectivity index (χ1n) is 6.15. The maximum Gasteiger partial charge on any atom is 0.134 e. The minimum atomic E-state index is 0.532. The Hall–Kier alpha value is -1.36. The first-order chi connectivity index (χ1) is 8.20. The van der Waals surface area contributed by atoms with E-state index in [1.54, 1.807) is 6.33 Å². The highest BCUT2D eigenvalue weighted by Crippen LogP contribution is 2.20. The molecule has 1 aliphatic rings. The molecule has 1 aromatic rings. The fourth-order valence-electron chi connectivity index (χ4n) is 2.19. The summed E-state index contributed by atoms with van der Waals surface area (Å²) in [7, 11) is 4.06. The number of rotatable bonds is 3. The fourth-order valence-corrected chi connectivity index (χ4v) is 2.19. The fraction of sp³-hybridized carbons (Fsp3) is 0.667. The van der Waals surface area contributed by atoms with Crippen molar-refractivity contribution in [1.29, 1.82) is 0 Å². The Morgan fingerprint density at radius 1 is 1.24 bits per heavy atom. The molecule has 1 aliphatic heterocycles. The second-order valence-electron chi connectivity index (χ2n) is 4.67. The minimum absolute atomic E-state index is 0.532. The lowest BCUT2D eigenvalue weighted by atomic mass is 10.1. The molecule has 0 aromatic carbocycles. The molecule has 0 radical (unpaired) electrons. The monoisotopic (exact) mass is 235 g/mol. The van der Waals surface area contributed by atoms with Gasteiger partial charge in [0.15, 0.2) is 0 Å². The third-order valence-corrected chi connectivity index (χ3v) is 3.38. The lowest BCUT2D eigenvalue weighted by Crippen LogP contribution is -2.37. The van der Waals surface area contributed by atoms with Crippen LogP contribution in [-0.2, 0) is 0 Å². The molecule has 0 bridgehead atoms. The molecule has 0 saturated carbocycles. The van der Waals surface area contributed by atoms with Crippen LogP contribution < -0.4 is 10.6 Å². The standard InChI is InChI=1S/C12H21N5/c1-9-11(13-2)14-8-15-12(9)16-10-4-6-17(3)7-5-10/h8,10H,4-7H2,1-3H3,(H2,13,14,15,16). The zero-order chi connectivity index (χ0) is 12.3. The number of aromatic nitrogens is 2. The molecule has 17 heavy (non-hydrogen) atoms. The highest BCUT2D eigenvalue weighted by Gasteiger charge is 2.17. The van der Waals surface area contributed by atoms with Gasteiger partial charge in [-0.05, 0) is 39.9 Å². The van der Waals surface area contributed by atoms with E-state index in [2.05, 4.69) is 32.5 Å². The smallest absolute Gasteiger partial charge is 0.134 e. The van der Waals surface area contributed by atoms with E-state index < -0.39 is 0 Å². The predicted octanol–water partition coefficient (Wildman–Crippen LogP) is 1.33. The summed E-state index contributed by atoms with van der Waals surface area (Å²) in [6.07, 6.45) is 3.96. The first-order valence-corrected chi connectivity index (χ1v) is 6.15. The molecule has 0 spiro atoms. The second kappa shape index (κ2) is 5.31. The number of hydrogen-bond donors (Lipinski definition) is 2. The van der Waals surface area contributed by atoms with E-state index in [4.69, 9.17) is 0 Å². The molecule has 1 fully saturated rings. The van der Waals surface area contributed by atoms with Crippen LogP contribution >= 0.6 is 0 Å². The van der Waals surface area contributed by atoms with Crippen LogP contribution in [-0.4, -0.2) is 48.1 Å². The van der Waals surface area contributed by atoms with E-state index in [0.717, 1.165) is 30.3 Å². The van der Waals surface area contributed by atoms with Crippen LogP contribution in [0.4, 0.5) is 11.6 Å². The van der Waals surface area contributed by atoms with Gasteiger partial charge < -0.3 is 15.5 Å². The molecule has 0 amide bonds. The molecule has 0 atom stereocenters. The molecule has 5 nitrogen and oxygen atoms in total. The average molecular weight is 235 g/mol. The lowest BCUT2D eigenvalue weighted by molar-refractivity contribution is 0.263. The zero-order valence-corrected chi connectivity index (χ0v) is 10.8. The van der Waals surface area contributed by atoms with Crippen molar-refractivity contribution in [2.75, 3.05) is 37.8 Å². The normalized spacial score (nSPS) is 18.1. The largest absolute Gasteiger partial charge is 0.373 e. The molecule has 2 rings (SSSR count). The second-order valence-corrected chi connectivity index (χ2v) is 4.67. The van der Waals surface area contributed by atoms with Crippen LogP contribution in [0.25, 0.3) is 0 Å². The Kier molecular flexibility index (Phi) is 3.78. The summed E-state index contributed by atoms with van der Waals surface area (Å²) in [4.78, 5) is 10.9. The van der Waals surface area contributed by atoms with E-state index in [-0.39, 0.29) is 0 Å². The molecule has 2 heterocycles. The molecular weight excluding hydrogens is 214 g/mol. The summed E-state index contributed by atoms with van der Waals surface area (Å²) in [6, 6.07) is 0.532. The van der Waals surface area contributed by atoms with Crippen molar-refractivity contribution in [3.8, 4) is 0 Å². The Labute approximate surface area is 103 Å². The van der Waals surface area contributed by atoms with Gasteiger partial charge in [-0.25, -0.2) is 9.97 Å². The SMILES string of the molecule is CNc1ncnc(NC2CCN(C)CC2)c1C. The number of anilines is 2. The summed E-state index contributed by atoms with van der Waals surface area (Å²) in [5.41, 5.74) is 1.09. The maximum absolute atomic E-state index is 4.32. The highest BCUT2D eigenvalue weighted by atomic mass is 15.1. The van der Waals surface area contributed by atoms with Gasteiger partial charge in [0.05, 0.1) is 0 Å². The summed E-state index contributed by atoms with van der Waals surface area (Å²) >= 11 is 0. The van der Waals surface area contributed by atoms with Gasteiger partial charge in [-0.3, -0.25) is 0 Å². The molecule has 94 valence electrons. The maximum atomic E-state index is 4.32. The van der Waals surface area contributed by atoms with Crippen molar-refractivity contribution in [1.82, 2.24) is 14.9 Å². The van der Waals surface area contributed by atoms with Gasteiger partial charge in [0.25, 0.3) is 0 Å². The number of nitrogens with one attached hydrogen (secondary N) is 2. The topological polar surface area (TPSA) is 53.1 Å². The zero-order valence-electron chi connectivity index (χ0n) is 10.8. The summed E-state index contributed by atoms with van der Waals surface area (Å²) in [6.45, 7) is 4.35. The Balaban J connectivity index is 2.03. The molecule has 1 saturated heterocycles. The predicted molar refractivity (Wildman–Crippen MR) is 70.5 cm³/mol. The Bertz CT molecular complexity index is 371. The van der Waals surface area contributed by atoms with Crippen LogP contribution in [0.2, 0.25) is 0 Å². The van der Waals surface area contributed by atoms with E-state index in [9.17, 15) is 0 Å². The molecule has 2 N–H and O–H groups in total. The van der Waals surface area contributed by atoms with Gasteiger partial charge >= 0.3 is 0 Å². The van der Waals surface area contributed by atoms with Gasteiger partial charge in [0, 0.05) is 18.7 Å². The molecule has 0 aliphatic carbocycles. The van der Waals surface area contributed by atoms with Crippen LogP contribution in [0.15, 0.2) is 6.33 Å². The van der Waals surface area contributed by atoms with Crippen LogP contribution in [0, 0.1) is 6.92 Å². The highest BCUT2D eigenvalue weighted by molar-refractivity contribution is 5.56. The van der Waals surface area contributed by atoms with E-state index in [1.165, 1.54) is 12.8 Å². The molecule has 5 heteroatoms. The van der Waals surface area contributed by atoms with E-state index in [0.29, 0.717) is 6.04 Å².